The van der Waals surface area contributed by atoms with Crippen molar-refractivity contribution in [1.29, 1.82) is 0 Å². The van der Waals surface area contributed by atoms with Gasteiger partial charge in [0.2, 0.25) is 0 Å². The van der Waals surface area contributed by atoms with Gasteiger partial charge in [0.25, 0.3) is 0 Å². The third-order valence-electron chi connectivity index (χ3n) is 5.30. The number of halogens is 1. The summed E-state index contributed by atoms with van der Waals surface area (Å²) >= 11 is 0. The van der Waals surface area contributed by atoms with Crippen LogP contribution >= 0.6 is 0 Å². The molecule has 1 fully saturated rings. The molecule has 3 rings (SSSR count). The lowest BCUT2D eigenvalue weighted by molar-refractivity contribution is 0.565. The number of para-hydroxylation sites is 1. The Morgan fingerprint density at radius 3 is 2.65 bits per heavy atom. The average Bonchev–Trinajstić information content (AvgIpc) is 3.20. The normalized spacial score (nSPS) is 17.1. The molecule has 0 saturated carbocycles. The molecular weight excluding hydrogens is 415 g/mol. The predicted octanol–water partition coefficient (Wildman–Crippen LogP) is 2.95. The standard InChI is InChI=1S/C23H31FN4O2S/c1-3-25-23(26-14-18-11-12-28(16-18)22-7-5-4-6-8-22)27-15-20-13-21(24)10-9-19(20)17-31(2,29)30/h4-10,13,18H,3,11-12,14-17H2,1-2H3,(H2,25,26,27). The number of nitrogens with zero attached hydrogens (tertiary/aromatic N) is 2. The van der Waals surface area contributed by atoms with Crippen molar-refractivity contribution >= 4 is 21.5 Å². The molecule has 0 spiro atoms. The molecule has 0 radical (unpaired) electrons. The van der Waals surface area contributed by atoms with Crippen molar-refractivity contribution in [2.45, 2.75) is 25.6 Å². The SMILES string of the molecule is CCNC(=NCc1cc(F)ccc1CS(C)(=O)=O)NCC1CCN(c2ccccc2)C1. The molecule has 1 heterocycles. The molecule has 1 saturated heterocycles. The van der Waals surface area contributed by atoms with Crippen LogP contribution < -0.4 is 15.5 Å². The van der Waals surface area contributed by atoms with Gasteiger partial charge in [-0.2, -0.15) is 0 Å². The highest BCUT2D eigenvalue weighted by atomic mass is 32.2. The zero-order valence-corrected chi connectivity index (χ0v) is 19.0. The minimum atomic E-state index is -3.22. The van der Waals surface area contributed by atoms with E-state index >= 15 is 0 Å². The summed E-state index contributed by atoms with van der Waals surface area (Å²) in [5.74, 6) is 0.626. The number of guanidine groups is 1. The van der Waals surface area contributed by atoms with Gasteiger partial charge in [-0.25, -0.2) is 17.8 Å². The molecular formula is C23H31FN4O2S. The first-order valence-corrected chi connectivity index (χ1v) is 12.7. The Labute approximate surface area is 184 Å². The Bertz CT molecular complexity index is 996. The maximum absolute atomic E-state index is 13.7. The number of rotatable bonds is 8. The van der Waals surface area contributed by atoms with E-state index in [4.69, 9.17) is 0 Å². The van der Waals surface area contributed by atoms with E-state index in [1.54, 1.807) is 0 Å². The van der Waals surface area contributed by atoms with Crippen molar-refractivity contribution in [3.05, 3.63) is 65.5 Å². The average molecular weight is 447 g/mol. The van der Waals surface area contributed by atoms with E-state index in [0.29, 0.717) is 29.5 Å². The van der Waals surface area contributed by atoms with Gasteiger partial charge in [0.15, 0.2) is 15.8 Å². The third kappa shape index (κ3) is 7.24. The van der Waals surface area contributed by atoms with Gasteiger partial charge in [0.05, 0.1) is 12.3 Å². The van der Waals surface area contributed by atoms with E-state index in [0.717, 1.165) is 26.1 Å². The van der Waals surface area contributed by atoms with Crippen LogP contribution in [-0.2, 0) is 22.1 Å². The number of anilines is 1. The Morgan fingerprint density at radius 2 is 1.94 bits per heavy atom. The van der Waals surface area contributed by atoms with Crippen molar-refractivity contribution < 1.29 is 12.8 Å². The Balaban J connectivity index is 1.62. The number of benzene rings is 2. The maximum Gasteiger partial charge on any atom is 0.191 e. The molecule has 168 valence electrons. The molecule has 31 heavy (non-hydrogen) atoms. The molecule has 0 aromatic heterocycles. The topological polar surface area (TPSA) is 73.8 Å². The number of hydrogen-bond acceptors (Lipinski definition) is 4. The van der Waals surface area contributed by atoms with Crippen LogP contribution in [0.3, 0.4) is 0 Å². The summed E-state index contributed by atoms with van der Waals surface area (Å²) in [6.45, 7) is 5.70. The summed E-state index contributed by atoms with van der Waals surface area (Å²) in [5, 5.41) is 6.60. The van der Waals surface area contributed by atoms with Crippen LogP contribution in [-0.4, -0.2) is 46.8 Å². The fourth-order valence-corrected chi connectivity index (χ4v) is 4.63. The zero-order chi connectivity index (χ0) is 22.3. The Kier molecular flexibility index (Phi) is 7.90. The molecule has 6 nitrogen and oxygen atoms in total. The highest BCUT2D eigenvalue weighted by Gasteiger charge is 2.22. The predicted molar refractivity (Wildman–Crippen MR) is 125 cm³/mol. The summed E-state index contributed by atoms with van der Waals surface area (Å²) < 4.78 is 37.1. The molecule has 2 aromatic rings. The number of sulfone groups is 1. The molecule has 1 aliphatic heterocycles. The van der Waals surface area contributed by atoms with Gasteiger partial charge >= 0.3 is 0 Å². The van der Waals surface area contributed by atoms with Crippen molar-refractivity contribution in [2.75, 3.05) is 37.3 Å². The molecule has 1 aliphatic rings. The highest BCUT2D eigenvalue weighted by Crippen LogP contribution is 2.23. The van der Waals surface area contributed by atoms with Crippen LogP contribution in [0.5, 0.6) is 0 Å². The number of hydrogen-bond donors (Lipinski definition) is 2. The fourth-order valence-electron chi connectivity index (χ4n) is 3.78. The Hall–Kier alpha value is -2.61. The van der Waals surface area contributed by atoms with Crippen LogP contribution in [0.15, 0.2) is 53.5 Å². The number of aliphatic imine (C=N–C) groups is 1. The lowest BCUT2D eigenvalue weighted by atomic mass is 10.1. The molecule has 2 N–H and O–H groups in total. The van der Waals surface area contributed by atoms with Gasteiger partial charge in [-0.1, -0.05) is 24.3 Å². The smallest absolute Gasteiger partial charge is 0.191 e. The second-order valence-corrected chi connectivity index (χ2v) is 10.1. The summed E-state index contributed by atoms with van der Waals surface area (Å²) in [5.41, 5.74) is 2.41. The van der Waals surface area contributed by atoms with E-state index in [1.165, 1.54) is 30.1 Å². The zero-order valence-electron chi connectivity index (χ0n) is 18.1. The Morgan fingerprint density at radius 1 is 1.16 bits per heavy atom. The molecule has 0 amide bonds. The first kappa shape index (κ1) is 23.1. The summed E-state index contributed by atoms with van der Waals surface area (Å²) in [4.78, 5) is 6.96. The van der Waals surface area contributed by atoms with Gasteiger partial charge in [0, 0.05) is 38.1 Å². The van der Waals surface area contributed by atoms with E-state index in [1.807, 2.05) is 13.0 Å². The minimum absolute atomic E-state index is 0.125. The molecule has 2 aromatic carbocycles. The molecule has 0 aliphatic carbocycles. The van der Waals surface area contributed by atoms with Gasteiger partial charge in [-0.15, -0.1) is 0 Å². The van der Waals surface area contributed by atoms with Crippen molar-refractivity contribution in [3.8, 4) is 0 Å². The van der Waals surface area contributed by atoms with Crippen molar-refractivity contribution in [3.63, 3.8) is 0 Å². The summed E-state index contributed by atoms with van der Waals surface area (Å²) in [7, 11) is -3.22. The van der Waals surface area contributed by atoms with Crippen LogP contribution in [0.2, 0.25) is 0 Å². The van der Waals surface area contributed by atoms with Crippen molar-refractivity contribution in [1.82, 2.24) is 10.6 Å². The van der Waals surface area contributed by atoms with Gasteiger partial charge in [0.1, 0.15) is 5.82 Å². The first-order chi connectivity index (χ1) is 14.8. The van der Waals surface area contributed by atoms with Crippen LogP contribution in [0.1, 0.15) is 24.5 Å². The second kappa shape index (κ2) is 10.6. The summed E-state index contributed by atoms with van der Waals surface area (Å²) in [6, 6.07) is 14.6. The highest BCUT2D eigenvalue weighted by molar-refractivity contribution is 7.89. The van der Waals surface area contributed by atoms with Crippen molar-refractivity contribution in [2.24, 2.45) is 10.9 Å². The monoisotopic (exact) mass is 446 g/mol. The minimum Gasteiger partial charge on any atom is -0.371 e. The summed E-state index contributed by atoms with van der Waals surface area (Å²) in [6.07, 6.45) is 2.28. The molecule has 0 bridgehead atoms. The van der Waals surface area contributed by atoms with Gasteiger partial charge < -0.3 is 15.5 Å². The first-order valence-electron chi connectivity index (χ1n) is 10.6. The van der Waals surface area contributed by atoms with Gasteiger partial charge in [-0.05, 0) is 54.7 Å². The van der Waals surface area contributed by atoms with Gasteiger partial charge in [-0.3, -0.25) is 0 Å². The van der Waals surface area contributed by atoms with Crippen LogP contribution in [0.4, 0.5) is 10.1 Å². The largest absolute Gasteiger partial charge is 0.371 e. The second-order valence-electron chi connectivity index (χ2n) is 8.00. The third-order valence-corrected chi connectivity index (χ3v) is 6.14. The molecule has 1 unspecified atom stereocenters. The van der Waals surface area contributed by atoms with E-state index < -0.39 is 15.7 Å². The van der Waals surface area contributed by atoms with E-state index in [9.17, 15) is 12.8 Å². The number of nitrogens with one attached hydrogen (secondary N) is 2. The lowest BCUT2D eigenvalue weighted by Gasteiger charge is -2.19. The van der Waals surface area contributed by atoms with Crippen LogP contribution in [0.25, 0.3) is 0 Å². The van der Waals surface area contributed by atoms with E-state index in [2.05, 4.69) is 44.8 Å². The van der Waals surface area contributed by atoms with E-state index in [-0.39, 0.29) is 12.3 Å². The maximum atomic E-state index is 13.7. The fraction of sp³-hybridized carbons (Fsp3) is 0.435. The lowest BCUT2D eigenvalue weighted by Crippen LogP contribution is -2.40. The van der Waals surface area contributed by atoms with Crippen LogP contribution in [0, 0.1) is 11.7 Å². The quantitative estimate of drug-likeness (QED) is 0.482. The molecule has 1 atom stereocenters. The molecule has 8 heteroatoms.